The molecule has 0 saturated heterocycles. The molecular weight excluding hydrogens is 264 g/mol. The summed E-state index contributed by atoms with van der Waals surface area (Å²) in [4.78, 5) is 0. The van der Waals surface area contributed by atoms with Gasteiger partial charge in [0.05, 0.1) is 17.6 Å². The van der Waals surface area contributed by atoms with Crippen LogP contribution in [0.1, 0.15) is 23.9 Å². The number of aryl methyl sites for hydroxylation is 2. The summed E-state index contributed by atoms with van der Waals surface area (Å²) in [7, 11) is 0. The number of rotatable bonds is 6. The van der Waals surface area contributed by atoms with E-state index in [-0.39, 0.29) is 6.54 Å². The molecule has 0 saturated carbocycles. The summed E-state index contributed by atoms with van der Waals surface area (Å²) in [5.41, 5.74) is 3.55. The second-order valence-corrected chi connectivity index (χ2v) is 4.67. The summed E-state index contributed by atoms with van der Waals surface area (Å²) < 4.78 is 27.9. The molecule has 0 unspecified atom stereocenters. The van der Waals surface area contributed by atoms with Crippen LogP contribution in [-0.4, -0.2) is 26.0 Å². The Kier molecular flexibility index (Phi) is 4.36. The fourth-order valence-corrected chi connectivity index (χ4v) is 2.02. The van der Waals surface area contributed by atoms with Crippen molar-refractivity contribution in [3.63, 3.8) is 0 Å². The number of anilines is 1. The molecule has 0 aromatic carbocycles. The Balaban J connectivity index is 2.03. The van der Waals surface area contributed by atoms with Gasteiger partial charge in [-0.2, -0.15) is 10.2 Å². The summed E-state index contributed by atoms with van der Waals surface area (Å²) >= 11 is 0. The lowest BCUT2D eigenvalue weighted by molar-refractivity contribution is 0.121. The van der Waals surface area contributed by atoms with Gasteiger partial charge in [-0.25, -0.2) is 8.78 Å². The number of hydrogen-bond acceptors (Lipinski definition) is 3. The van der Waals surface area contributed by atoms with Gasteiger partial charge in [-0.3, -0.25) is 9.36 Å². The lowest BCUT2D eigenvalue weighted by Crippen LogP contribution is -2.10. The molecule has 20 heavy (non-hydrogen) atoms. The van der Waals surface area contributed by atoms with Crippen molar-refractivity contribution in [2.75, 3.05) is 5.32 Å². The maximum absolute atomic E-state index is 12.4. The molecule has 2 heterocycles. The predicted molar refractivity (Wildman–Crippen MR) is 72.9 cm³/mol. The van der Waals surface area contributed by atoms with Crippen molar-refractivity contribution in [1.82, 2.24) is 19.6 Å². The SMILES string of the molecule is CCn1cc(NCc2cnn(CC(F)F)c2C)c(C)n1. The summed E-state index contributed by atoms with van der Waals surface area (Å²) in [6.45, 7) is 6.75. The first kappa shape index (κ1) is 14.5. The molecule has 0 bridgehead atoms. The molecule has 0 fully saturated rings. The maximum Gasteiger partial charge on any atom is 0.257 e. The highest BCUT2D eigenvalue weighted by molar-refractivity contribution is 5.46. The van der Waals surface area contributed by atoms with E-state index in [4.69, 9.17) is 0 Å². The molecule has 0 aliphatic rings. The smallest absolute Gasteiger partial charge is 0.257 e. The van der Waals surface area contributed by atoms with Gasteiger partial charge >= 0.3 is 0 Å². The van der Waals surface area contributed by atoms with Crippen LogP contribution >= 0.6 is 0 Å². The average Bonchev–Trinajstić information content (AvgIpc) is 2.92. The fourth-order valence-electron chi connectivity index (χ4n) is 2.02. The molecule has 2 aromatic rings. The predicted octanol–water partition coefficient (Wildman–Crippen LogP) is 2.59. The van der Waals surface area contributed by atoms with Gasteiger partial charge in [0.2, 0.25) is 0 Å². The third-order valence-corrected chi connectivity index (χ3v) is 3.26. The molecule has 0 aliphatic carbocycles. The van der Waals surface area contributed by atoms with Crippen molar-refractivity contribution < 1.29 is 8.78 Å². The minimum Gasteiger partial charge on any atom is -0.378 e. The Hall–Kier alpha value is -1.92. The Morgan fingerprint density at radius 2 is 2.10 bits per heavy atom. The van der Waals surface area contributed by atoms with Gasteiger partial charge in [0.25, 0.3) is 6.43 Å². The van der Waals surface area contributed by atoms with Crippen LogP contribution in [0.5, 0.6) is 0 Å². The molecule has 1 N–H and O–H groups in total. The third-order valence-electron chi connectivity index (χ3n) is 3.26. The fraction of sp³-hybridized carbons (Fsp3) is 0.538. The van der Waals surface area contributed by atoms with Crippen molar-refractivity contribution >= 4 is 5.69 Å². The highest BCUT2D eigenvalue weighted by Crippen LogP contribution is 2.16. The first-order valence-corrected chi connectivity index (χ1v) is 6.58. The molecule has 0 aliphatic heterocycles. The van der Waals surface area contributed by atoms with Crippen LogP contribution < -0.4 is 5.32 Å². The van der Waals surface area contributed by atoms with E-state index in [1.54, 1.807) is 13.1 Å². The summed E-state index contributed by atoms with van der Waals surface area (Å²) in [5.74, 6) is 0. The van der Waals surface area contributed by atoms with Crippen molar-refractivity contribution in [3.8, 4) is 0 Å². The third kappa shape index (κ3) is 3.15. The van der Waals surface area contributed by atoms with E-state index in [0.717, 1.165) is 29.2 Å². The first-order chi connectivity index (χ1) is 9.51. The van der Waals surface area contributed by atoms with Gasteiger partial charge < -0.3 is 5.32 Å². The first-order valence-electron chi connectivity index (χ1n) is 6.58. The van der Waals surface area contributed by atoms with E-state index in [2.05, 4.69) is 15.5 Å². The number of alkyl halides is 2. The van der Waals surface area contributed by atoms with Crippen molar-refractivity contribution in [2.45, 2.75) is 46.8 Å². The standard InChI is InChI=1S/C13H19F2N5/c1-4-19-7-12(9(2)18-19)16-5-11-6-17-20(10(11)3)8-13(14)15/h6-7,13,16H,4-5,8H2,1-3H3. The van der Waals surface area contributed by atoms with Crippen LogP contribution in [-0.2, 0) is 19.6 Å². The Morgan fingerprint density at radius 1 is 1.35 bits per heavy atom. The highest BCUT2D eigenvalue weighted by Gasteiger charge is 2.11. The number of halogens is 2. The van der Waals surface area contributed by atoms with E-state index >= 15 is 0 Å². The lowest BCUT2D eigenvalue weighted by Gasteiger charge is -2.06. The summed E-state index contributed by atoms with van der Waals surface area (Å²) in [5, 5.41) is 11.6. The van der Waals surface area contributed by atoms with Crippen molar-refractivity contribution in [2.24, 2.45) is 0 Å². The van der Waals surface area contributed by atoms with Crippen LogP contribution in [0.15, 0.2) is 12.4 Å². The van der Waals surface area contributed by atoms with Gasteiger partial charge in [-0.15, -0.1) is 0 Å². The van der Waals surface area contributed by atoms with E-state index in [1.807, 2.05) is 24.7 Å². The van der Waals surface area contributed by atoms with Crippen molar-refractivity contribution in [1.29, 1.82) is 0 Å². The van der Waals surface area contributed by atoms with Crippen LogP contribution in [0.4, 0.5) is 14.5 Å². The Labute approximate surface area is 116 Å². The normalized spacial score (nSPS) is 11.3. The number of nitrogens with zero attached hydrogens (tertiary/aromatic N) is 4. The van der Waals surface area contributed by atoms with Gasteiger partial charge in [0.1, 0.15) is 6.54 Å². The lowest BCUT2D eigenvalue weighted by atomic mass is 10.2. The zero-order chi connectivity index (χ0) is 14.7. The van der Waals surface area contributed by atoms with Crippen LogP contribution in [0, 0.1) is 13.8 Å². The van der Waals surface area contributed by atoms with E-state index in [9.17, 15) is 8.78 Å². The molecule has 0 amide bonds. The molecule has 0 atom stereocenters. The van der Waals surface area contributed by atoms with Crippen molar-refractivity contribution in [3.05, 3.63) is 29.3 Å². The minimum absolute atomic E-state index is 0.362. The molecular formula is C13H19F2N5. The summed E-state index contributed by atoms with van der Waals surface area (Å²) in [6, 6.07) is 0. The van der Waals surface area contributed by atoms with E-state index in [0.29, 0.717) is 6.54 Å². The van der Waals surface area contributed by atoms with Crippen LogP contribution in [0.2, 0.25) is 0 Å². The number of hydrogen-bond donors (Lipinski definition) is 1. The number of nitrogens with one attached hydrogen (secondary N) is 1. The van der Waals surface area contributed by atoms with Gasteiger partial charge in [-0.05, 0) is 20.8 Å². The van der Waals surface area contributed by atoms with E-state index < -0.39 is 6.43 Å². The van der Waals surface area contributed by atoms with Crippen LogP contribution in [0.25, 0.3) is 0 Å². The molecule has 2 aromatic heterocycles. The van der Waals surface area contributed by atoms with E-state index in [1.165, 1.54) is 4.68 Å². The largest absolute Gasteiger partial charge is 0.378 e. The van der Waals surface area contributed by atoms with Crippen LogP contribution in [0.3, 0.4) is 0 Å². The Bertz CT molecular complexity index is 573. The van der Waals surface area contributed by atoms with Gasteiger partial charge in [0, 0.05) is 30.5 Å². The molecule has 0 radical (unpaired) electrons. The molecule has 110 valence electrons. The second kappa shape index (κ2) is 6.02. The highest BCUT2D eigenvalue weighted by atomic mass is 19.3. The molecule has 7 heteroatoms. The number of aromatic nitrogens is 4. The van der Waals surface area contributed by atoms with Gasteiger partial charge in [0.15, 0.2) is 0 Å². The quantitative estimate of drug-likeness (QED) is 0.886. The molecule has 2 rings (SSSR count). The Morgan fingerprint density at radius 3 is 2.70 bits per heavy atom. The average molecular weight is 283 g/mol. The summed E-state index contributed by atoms with van der Waals surface area (Å²) in [6.07, 6.45) is 1.18. The monoisotopic (exact) mass is 283 g/mol. The molecule has 0 spiro atoms. The van der Waals surface area contributed by atoms with Gasteiger partial charge in [-0.1, -0.05) is 0 Å². The molecule has 5 nitrogen and oxygen atoms in total. The topological polar surface area (TPSA) is 47.7 Å². The zero-order valence-electron chi connectivity index (χ0n) is 11.9. The second-order valence-electron chi connectivity index (χ2n) is 4.67. The minimum atomic E-state index is -2.39. The zero-order valence-corrected chi connectivity index (χ0v) is 11.9. The maximum atomic E-state index is 12.4.